The van der Waals surface area contributed by atoms with E-state index in [9.17, 15) is 5.11 Å². The Morgan fingerprint density at radius 3 is 2.61 bits per heavy atom. The maximum absolute atomic E-state index is 10.4. The Kier molecular flexibility index (Phi) is 4.41. The van der Waals surface area contributed by atoms with Crippen molar-refractivity contribution in [3.63, 3.8) is 0 Å². The van der Waals surface area contributed by atoms with Crippen LogP contribution in [0.1, 0.15) is 34.6 Å². The van der Waals surface area contributed by atoms with Crippen molar-refractivity contribution >= 4 is 11.6 Å². The number of nitrogens with zero attached hydrogens (tertiary/aromatic N) is 1. The molecule has 3 aromatic carbocycles. The molecule has 2 aliphatic rings. The van der Waals surface area contributed by atoms with Gasteiger partial charge in [-0.25, -0.2) is 0 Å². The lowest BCUT2D eigenvalue weighted by Gasteiger charge is -2.39. The Balaban J connectivity index is 1.72. The minimum absolute atomic E-state index is 0.190. The van der Waals surface area contributed by atoms with Crippen molar-refractivity contribution < 1.29 is 5.11 Å². The molecule has 1 heterocycles. The molecule has 142 valence electrons. The molecular formula is C25H24ClNO. The average molecular weight is 390 g/mol. The van der Waals surface area contributed by atoms with Gasteiger partial charge in [0.1, 0.15) is 5.75 Å². The van der Waals surface area contributed by atoms with Gasteiger partial charge in [0, 0.05) is 18.5 Å². The highest BCUT2D eigenvalue weighted by atomic mass is 35.5. The first kappa shape index (κ1) is 17.8. The summed E-state index contributed by atoms with van der Waals surface area (Å²) in [5, 5.41) is 10.8. The van der Waals surface area contributed by atoms with Crippen LogP contribution in [0.25, 0.3) is 11.1 Å². The number of benzene rings is 3. The SMILES string of the molecule is CN1CCc2cc(Cl)c(O)cc2[C@H]2c3cccc(-c4ccccc4)c3CC[C@@H]21. The third kappa shape index (κ3) is 2.83. The summed E-state index contributed by atoms with van der Waals surface area (Å²) in [5.74, 6) is 0.452. The molecule has 0 radical (unpaired) electrons. The third-order valence-corrected chi connectivity index (χ3v) is 6.85. The van der Waals surface area contributed by atoms with E-state index < -0.39 is 0 Å². The van der Waals surface area contributed by atoms with Crippen LogP contribution < -0.4 is 0 Å². The molecule has 2 nitrogen and oxygen atoms in total. The quantitative estimate of drug-likeness (QED) is 0.581. The number of rotatable bonds is 1. The topological polar surface area (TPSA) is 23.5 Å². The Morgan fingerprint density at radius 1 is 0.964 bits per heavy atom. The van der Waals surface area contributed by atoms with Gasteiger partial charge in [-0.3, -0.25) is 0 Å². The van der Waals surface area contributed by atoms with Gasteiger partial charge in [-0.15, -0.1) is 0 Å². The molecule has 0 bridgehead atoms. The van der Waals surface area contributed by atoms with Crippen molar-refractivity contribution in [1.29, 1.82) is 0 Å². The van der Waals surface area contributed by atoms with E-state index in [0.717, 1.165) is 25.8 Å². The van der Waals surface area contributed by atoms with Crippen molar-refractivity contribution in [2.75, 3.05) is 13.6 Å². The van der Waals surface area contributed by atoms with E-state index in [1.165, 1.54) is 33.4 Å². The molecule has 28 heavy (non-hydrogen) atoms. The van der Waals surface area contributed by atoms with Gasteiger partial charge in [-0.2, -0.15) is 0 Å². The molecule has 1 aliphatic heterocycles. The average Bonchev–Trinajstić information content (AvgIpc) is 2.86. The van der Waals surface area contributed by atoms with Crippen LogP contribution in [0, 0.1) is 0 Å². The number of hydrogen-bond acceptors (Lipinski definition) is 2. The highest BCUT2D eigenvalue weighted by Gasteiger charge is 2.37. The maximum Gasteiger partial charge on any atom is 0.134 e. The number of halogens is 1. The fourth-order valence-corrected chi connectivity index (χ4v) is 5.35. The standard InChI is InChI=1S/C25H24ClNO/c1-27-13-12-17-14-22(26)24(28)15-21(17)25-20-9-5-8-18(16-6-3-2-4-7-16)19(20)10-11-23(25)27/h2-9,14-15,23,25,28H,10-13H2,1H3/t23-,25+/m0/s1. The first-order valence-corrected chi connectivity index (χ1v) is 10.4. The van der Waals surface area contributed by atoms with Gasteiger partial charge in [-0.05, 0) is 71.8 Å². The Hall–Kier alpha value is -2.29. The fourth-order valence-electron chi connectivity index (χ4n) is 5.17. The van der Waals surface area contributed by atoms with Crippen molar-refractivity contribution in [3.05, 3.63) is 87.9 Å². The van der Waals surface area contributed by atoms with Gasteiger partial charge >= 0.3 is 0 Å². The second kappa shape index (κ2) is 6.95. The number of likely N-dealkylation sites (N-methyl/N-ethyl adjacent to an activating group) is 1. The van der Waals surface area contributed by atoms with E-state index in [2.05, 4.69) is 60.5 Å². The van der Waals surface area contributed by atoms with E-state index in [4.69, 9.17) is 11.6 Å². The molecule has 0 fully saturated rings. The molecule has 0 spiro atoms. The molecule has 2 atom stereocenters. The zero-order valence-corrected chi connectivity index (χ0v) is 16.8. The molecule has 1 aliphatic carbocycles. The van der Waals surface area contributed by atoms with Gasteiger partial charge in [0.25, 0.3) is 0 Å². The van der Waals surface area contributed by atoms with Crippen LogP contribution in [0.15, 0.2) is 60.7 Å². The second-order valence-electron chi connectivity index (χ2n) is 8.06. The van der Waals surface area contributed by atoms with Crippen LogP contribution in [0.3, 0.4) is 0 Å². The molecule has 5 rings (SSSR count). The summed E-state index contributed by atoms with van der Waals surface area (Å²) >= 11 is 6.25. The normalized spacial score (nSPS) is 21.4. The number of phenolic OH excluding ortho intramolecular Hbond substituents is 1. The van der Waals surface area contributed by atoms with E-state index in [0.29, 0.717) is 11.1 Å². The summed E-state index contributed by atoms with van der Waals surface area (Å²) in [4.78, 5) is 2.49. The summed E-state index contributed by atoms with van der Waals surface area (Å²) < 4.78 is 0. The lowest BCUT2D eigenvalue weighted by atomic mass is 9.72. The monoisotopic (exact) mass is 389 g/mol. The minimum atomic E-state index is 0.190. The molecular weight excluding hydrogens is 366 g/mol. The van der Waals surface area contributed by atoms with E-state index >= 15 is 0 Å². The van der Waals surface area contributed by atoms with Gasteiger partial charge in [0.15, 0.2) is 0 Å². The zero-order chi connectivity index (χ0) is 19.3. The number of fused-ring (bicyclic) bond motifs is 5. The Bertz CT molecular complexity index is 1030. The molecule has 3 aromatic rings. The van der Waals surface area contributed by atoms with Crippen LogP contribution in [-0.4, -0.2) is 29.6 Å². The Morgan fingerprint density at radius 2 is 1.79 bits per heavy atom. The van der Waals surface area contributed by atoms with E-state index in [1.54, 1.807) is 0 Å². The highest BCUT2D eigenvalue weighted by Crippen LogP contribution is 2.46. The van der Waals surface area contributed by atoms with Crippen LogP contribution in [0.4, 0.5) is 0 Å². The predicted molar refractivity (Wildman–Crippen MR) is 115 cm³/mol. The zero-order valence-electron chi connectivity index (χ0n) is 16.0. The van der Waals surface area contributed by atoms with E-state index in [-0.39, 0.29) is 11.7 Å². The van der Waals surface area contributed by atoms with Gasteiger partial charge in [0.2, 0.25) is 0 Å². The van der Waals surface area contributed by atoms with Crippen LogP contribution in [-0.2, 0) is 12.8 Å². The van der Waals surface area contributed by atoms with Gasteiger partial charge in [-0.1, -0.05) is 60.1 Å². The molecule has 0 saturated heterocycles. The third-order valence-electron chi connectivity index (χ3n) is 6.55. The first-order chi connectivity index (χ1) is 13.6. The number of phenols is 1. The van der Waals surface area contributed by atoms with Crippen LogP contribution >= 0.6 is 11.6 Å². The molecule has 0 saturated carbocycles. The van der Waals surface area contributed by atoms with Crippen molar-refractivity contribution in [2.24, 2.45) is 0 Å². The lowest BCUT2D eigenvalue weighted by molar-refractivity contribution is 0.214. The molecule has 0 unspecified atom stereocenters. The number of hydrogen-bond donors (Lipinski definition) is 1. The summed E-state index contributed by atoms with van der Waals surface area (Å²) in [6.45, 7) is 1.02. The van der Waals surface area contributed by atoms with Crippen molar-refractivity contribution in [2.45, 2.75) is 31.2 Å². The maximum atomic E-state index is 10.4. The number of aromatic hydroxyl groups is 1. The molecule has 1 N–H and O–H groups in total. The first-order valence-electron chi connectivity index (χ1n) is 10.0. The van der Waals surface area contributed by atoms with E-state index in [1.807, 2.05) is 12.1 Å². The summed E-state index contributed by atoms with van der Waals surface area (Å²) in [7, 11) is 2.23. The Labute approximate surface area is 171 Å². The van der Waals surface area contributed by atoms with Gasteiger partial charge in [0.05, 0.1) is 5.02 Å². The summed E-state index contributed by atoms with van der Waals surface area (Å²) in [6, 6.07) is 21.7. The van der Waals surface area contributed by atoms with Crippen molar-refractivity contribution in [3.8, 4) is 16.9 Å². The van der Waals surface area contributed by atoms with Gasteiger partial charge < -0.3 is 10.0 Å². The van der Waals surface area contributed by atoms with Crippen molar-refractivity contribution in [1.82, 2.24) is 4.90 Å². The fraction of sp³-hybridized carbons (Fsp3) is 0.280. The molecule has 3 heteroatoms. The smallest absolute Gasteiger partial charge is 0.134 e. The second-order valence-corrected chi connectivity index (χ2v) is 8.46. The molecule has 0 amide bonds. The summed E-state index contributed by atoms with van der Waals surface area (Å²) in [5.41, 5.74) is 7.96. The molecule has 0 aromatic heterocycles. The highest BCUT2D eigenvalue weighted by molar-refractivity contribution is 6.32. The minimum Gasteiger partial charge on any atom is -0.506 e. The largest absolute Gasteiger partial charge is 0.506 e. The van der Waals surface area contributed by atoms with Crippen LogP contribution in [0.2, 0.25) is 5.02 Å². The lowest BCUT2D eigenvalue weighted by Crippen LogP contribution is -2.39. The predicted octanol–water partition coefficient (Wildman–Crippen LogP) is 5.65. The van der Waals surface area contributed by atoms with Crippen LogP contribution in [0.5, 0.6) is 5.75 Å². The summed E-state index contributed by atoms with van der Waals surface area (Å²) in [6.07, 6.45) is 3.17.